The molecular formula is C17H22BrNO2. The number of hydrogen-bond acceptors (Lipinski definition) is 3. The molecule has 0 aromatic heterocycles. The summed E-state index contributed by atoms with van der Waals surface area (Å²) >= 11 is 3.78. The van der Waals surface area contributed by atoms with Gasteiger partial charge in [-0.3, -0.25) is 0 Å². The number of piperidine rings is 1. The lowest BCUT2D eigenvalue weighted by Gasteiger charge is -2.27. The van der Waals surface area contributed by atoms with Crippen molar-refractivity contribution in [1.29, 1.82) is 0 Å². The zero-order valence-corrected chi connectivity index (χ0v) is 14.3. The van der Waals surface area contributed by atoms with Crippen molar-refractivity contribution >= 4 is 15.9 Å². The van der Waals surface area contributed by atoms with E-state index in [1.807, 2.05) is 0 Å². The summed E-state index contributed by atoms with van der Waals surface area (Å²) in [6.45, 7) is 6.52. The van der Waals surface area contributed by atoms with Gasteiger partial charge in [0.2, 0.25) is 0 Å². The van der Waals surface area contributed by atoms with Crippen molar-refractivity contribution < 1.29 is 9.47 Å². The maximum absolute atomic E-state index is 6.22. The molecule has 3 unspecified atom stereocenters. The van der Waals surface area contributed by atoms with Gasteiger partial charge >= 0.3 is 0 Å². The van der Waals surface area contributed by atoms with Crippen LogP contribution >= 0.6 is 15.9 Å². The lowest BCUT2D eigenvalue weighted by Crippen LogP contribution is -2.29. The van der Waals surface area contributed by atoms with Gasteiger partial charge < -0.3 is 14.8 Å². The standard InChI is InChI=1S/C17H22BrNO2/c1-9-6-12-14(11-4-3-5-19-8-11)16-13(7-10(2)20-16)15(18)17(12)21-9/h9-11,19H,3-8H2,1-2H3. The summed E-state index contributed by atoms with van der Waals surface area (Å²) in [5, 5.41) is 3.54. The van der Waals surface area contributed by atoms with Gasteiger partial charge in [0.15, 0.2) is 0 Å². The van der Waals surface area contributed by atoms with Crippen LogP contribution in [0.3, 0.4) is 0 Å². The first-order valence-electron chi connectivity index (χ1n) is 8.06. The molecule has 1 aromatic rings. The summed E-state index contributed by atoms with van der Waals surface area (Å²) in [5.74, 6) is 2.80. The van der Waals surface area contributed by atoms with Gasteiger partial charge in [0.05, 0.1) is 4.47 Å². The van der Waals surface area contributed by atoms with E-state index in [0.717, 1.165) is 41.9 Å². The minimum atomic E-state index is 0.270. The molecule has 3 aliphatic rings. The van der Waals surface area contributed by atoms with Crippen molar-refractivity contribution in [2.75, 3.05) is 13.1 Å². The van der Waals surface area contributed by atoms with E-state index in [1.54, 1.807) is 0 Å². The van der Waals surface area contributed by atoms with Crippen molar-refractivity contribution in [3.63, 3.8) is 0 Å². The number of benzene rings is 1. The third-order valence-electron chi connectivity index (χ3n) is 4.91. The molecule has 4 rings (SSSR count). The number of ether oxygens (including phenoxy) is 2. The second-order valence-corrected chi connectivity index (χ2v) is 7.44. The summed E-state index contributed by atoms with van der Waals surface area (Å²) in [4.78, 5) is 0. The quantitative estimate of drug-likeness (QED) is 0.838. The minimum Gasteiger partial charge on any atom is -0.490 e. The van der Waals surface area contributed by atoms with Gasteiger partial charge in [0.25, 0.3) is 0 Å². The van der Waals surface area contributed by atoms with Gasteiger partial charge in [-0.05, 0) is 49.2 Å². The molecule has 0 aliphatic carbocycles. The van der Waals surface area contributed by atoms with Gasteiger partial charge in [-0.1, -0.05) is 0 Å². The molecule has 0 amide bonds. The first-order chi connectivity index (χ1) is 10.1. The second kappa shape index (κ2) is 5.17. The second-order valence-electron chi connectivity index (χ2n) is 6.65. The smallest absolute Gasteiger partial charge is 0.138 e. The van der Waals surface area contributed by atoms with Crippen LogP contribution in [0.5, 0.6) is 11.5 Å². The SMILES string of the molecule is CC1Cc2c(c(Br)c3c(c2C2CCCNC2)OC(C)C3)O1. The summed E-state index contributed by atoms with van der Waals surface area (Å²) < 4.78 is 13.5. The number of fused-ring (bicyclic) bond motifs is 2. The Bertz CT molecular complexity index is 542. The van der Waals surface area contributed by atoms with E-state index in [-0.39, 0.29) is 12.2 Å². The molecule has 4 heteroatoms. The van der Waals surface area contributed by atoms with Crippen LogP contribution in [0, 0.1) is 0 Å². The van der Waals surface area contributed by atoms with E-state index < -0.39 is 0 Å². The van der Waals surface area contributed by atoms with Crippen molar-refractivity contribution in [3.05, 3.63) is 21.2 Å². The first kappa shape index (κ1) is 13.9. The topological polar surface area (TPSA) is 30.5 Å². The fourth-order valence-electron chi connectivity index (χ4n) is 4.02. The van der Waals surface area contributed by atoms with E-state index in [9.17, 15) is 0 Å². The van der Waals surface area contributed by atoms with Crippen LogP contribution in [0.15, 0.2) is 4.47 Å². The Kier molecular flexibility index (Phi) is 3.42. The summed E-state index contributed by atoms with van der Waals surface area (Å²) in [6.07, 6.45) is 5.02. The van der Waals surface area contributed by atoms with Crippen molar-refractivity contribution in [1.82, 2.24) is 5.32 Å². The number of hydrogen-bond donors (Lipinski definition) is 1. The Morgan fingerprint density at radius 2 is 1.76 bits per heavy atom. The molecule has 1 N–H and O–H groups in total. The lowest BCUT2D eigenvalue weighted by molar-refractivity contribution is 0.249. The van der Waals surface area contributed by atoms with Crippen LogP contribution in [-0.2, 0) is 12.8 Å². The monoisotopic (exact) mass is 351 g/mol. The number of halogens is 1. The lowest BCUT2D eigenvalue weighted by atomic mass is 9.85. The van der Waals surface area contributed by atoms with Gasteiger partial charge in [-0.15, -0.1) is 0 Å². The van der Waals surface area contributed by atoms with E-state index in [1.165, 1.54) is 29.5 Å². The molecule has 0 bridgehead atoms. The molecular weight excluding hydrogens is 330 g/mol. The zero-order valence-electron chi connectivity index (χ0n) is 12.7. The van der Waals surface area contributed by atoms with E-state index in [0.29, 0.717) is 5.92 Å². The van der Waals surface area contributed by atoms with Crippen LogP contribution in [-0.4, -0.2) is 25.3 Å². The molecule has 3 heterocycles. The van der Waals surface area contributed by atoms with E-state index >= 15 is 0 Å². The molecule has 3 atom stereocenters. The molecule has 21 heavy (non-hydrogen) atoms. The molecule has 1 fully saturated rings. The normalized spacial score (nSPS) is 30.5. The third kappa shape index (κ3) is 2.18. The van der Waals surface area contributed by atoms with Gasteiger partial charge in [-0.2, -0.15) is 0 Å². The molecule has 1 saturated heterocycles. The first-order valence-corrected chi connectivity index (χ1v) is 8.85. The molecule has 1 aromatic carbocycles. The summed E-state index contributed by atoms with van der Waals surface area (Å²) in [5.41, 5.74) is 4.14. The molecule has 0 radical (unpaired) electrons. The molecule has 3 aliphatic heterocycles. The van der Waals surface area contributed by atoms with Crippen molar-refractivity contribution in [2.24, 2.45) is 0 Å². The fraction of sp³-hybridized carbons (Fsp3) is 0.647. The number of rotatable bonds is 1. The molecule has 3 nitrogen and oxygen atoms in total. The Morgan fingerprint density at radius 3 is 2.48 bits per heavy atom. The predicted octanol–water partition coefficient (Wildman–Crippen LogP) is 3.56. The van der Waals surface area contributed by atoms with Crippen LogP contribution in [0.25, 0.3) is 0 Å². The fourth-order valence-corrected chi connectivity index (χ4v) is 4.70. The van der Waals surface area contributed by atoms with Crippen LogP contribution in [0.4, 0.5) is 0 Å². The van der Waals surface area contributed by atoms with Crippen LogP contribution in [0.1, 0.15) is 49.3 Å². The highest BCUT2D eigenvalue weighted by Gasteiger charge is 2.37. The summed E-state index contributed by atoms with van der Waals surface area (Å²) in [6, 6.07) is 0. The maximum atomic E-state index is 6.22. The van der Waals surface area contributed by atoms with Gasteiger partial charge in [0.1, 0.15) is 23.7 Å². The zero-order chi connectivity index (χ0) is 14.6. The third-order valence-corrected chi connectivity index (χ3v) is 5.75. The van der Waals surface area contributed by atoms with Crippen molar-refractivity contribution in [3.8, 4) is 11.5 Å². The van der Waals surface area contributed by atoms with Gasteiger partial charge in [0, 0.05) is 42.0 Å². The average molecular weight is 352 g/mol. The van der Waals surface area contributed by atoms with Crippen molar-refractivity contribution in [2.45, 2.75) is 57.7 Å². The van der Waals surface area contributed by atoms with E-state index in [4.69, 9.17) is 9.47 Å². The Labute approximate surface area is 134 Å². The average Bonchev–Trinajstić information content (AvgIpc) is 3.03. The highest BCUT2D eigenvalue weighted by Crippen LogP contribution is 2.52. The largest absolute Gasteiger partial charge is 0.490 e. The number of nitrogens with one attached hydrogen (secondary N) is 1. The van der Waals surface area contributed by atoms with Crippen LogP contribution < -0.4 is 14.8 Å². The highest BCUT2D eigenvalue weighted by atomic mass is 79.9. The molecule has 0 spiro atoms. The minimum absolute atomic E-state index is 0.270. The Balaban J connectivity index is 1.88. The van der Waals surface area contributed by atoms with E-state index in [2.05, 4.69) is 35.1 Å². The molecule has 114 valence electrons. The van der Waals surface area contributed by atoms with Gasteiger partial charge in [-0.25, -0.2) is 0 Å². The summed E-state index contributed by atoms with van der Waals surface area (Å²) in [7, 11) is 0. The molecule has 0 saturated carbocycles. The van der Waals surface area contributed by atoms with Crippen LogP contribution in [0.2, 0.25) is 0 Å². The predicted molar refractivity (Wildman–Crippen MR) is 86.6 cm³/mol. The Morgan fingerprint density at radius 1 is 1.05 bits per heavy atom. The Hall–Kier alpha value is -0.740. The maximum Gasteiger partial charge on any atom is 0.138 e. The highest BCUT2D eigenvalue weighted by molar-refractivity contribution is 9.10.